The van der Waals surface area contributed by atoms with E-state index in [-0.39, 0.29) is 5.82 Å². The van der Waals surface area contributed by atoms with Crippen molar-refractivity contribution < 1.29 is 9.13 Å². The third kappa shape index (κ3) is 2.76. The molecule has 0 spiro atoms. The molecule has 106 valence electrons. The van der Waals surface area contributed by atoms with E-state index in [9.17, 15) is 4.39 Å². The second-order valence-corrected chi connectivity index (χ2v) is 5.08. The van der Waals surface area contributed by atoms with Crippen LogP contribution in [0.4, 0.5) is 10.1 Å². The maximum atomic E-state index is 13.5. The summed E-state index contributed by atoms with van der Waals surface area (Å²) in [5.41, 5.74) is 1.71. The number of nitrogens with zero attached hydrogens (tertiary/aromatic N) is 3. The number of hydrogen-bond donors (Lipinski definition) is 0. The minimum absolute atomic E-state index is 0.225. The lowest BCUT2D eigenvalue weighted by atomic mass is 10.2. The zero-order valence-electron chi connectivity index (χ0n) is 11.6. The first-order valence-electron chi connectivity index (χ1n) is 6.88. The topological polar surface area (TPSA) is 30.3 Å². The van der Waals surface area contributed by atoms with E-state index in [1.807, 2.05) is 19.3 Å². The smallest absolute Gasteiger partial charge is 0.143 e. The maximum Gasteiger partial charge on any atom is 0.143 e. The number of rotatable bonds is 4. The van der Waals surface area contributed by atoms with Gasteiger partial charge in [-0.15, -0.1) is 0 Å². The number of ether oxygens (including phenoxy) is 1. The molecule has 1 fully saturated rings. The minimum atomic E-state index is -0.225. The molecule has 3 rings (SSSR count). The van der Waals surface area contributed by atoms with Gasteiger partial charge in [0.15, 0.2) is 0 Å². The van der Waals surface area contributed by atoms with Crippen LogP contribution in [0.5, 0.6) is 5.75 Å². The van der Waals surface area contributed by atoms with Crippen molar-refractivity contribution in [2.45, 2.75) is 19.4 Å². The van der Waals surface area contributed by atoms with E-state index in [1.54, 1.807) is 16.8 Å². The molecule has 5 heteroatoms. The van der Waals surface area contributed by atoms with Crippen LogP contribution in [0.15, 0.2) is 30.5 Å². The van der Waals surface area contributed by atoms with Gasteiger partial charge in [0.2, 0.25) is 0 Å². The summed E-state index contributed by atoms with van der Waals surface area (Å²) >= 11 is 0. The molecule has 2 aromatic rings. The van der Waals surface area contributed by atoms with Crippen molar-refractivity contribution in [3.05, 3.63) is 42.0 Å². The molecule has 2 heterocycles. The molecule has 0 radical (unpaired) electrons. The van der Waals surface area contributed by atoms with Gasteiger partial charge >= 0.3 is 0 Å². The van der Waals surface area contributed by atoms with Crippen LogP contribution >= 0.6 is 0 Å². The zero-order chi connectivity index (χ0) is 13.9. The first-order chi connectivity index (χ1) is 9.72. The molecule has 0 unspecified atom stereocenters. The molecule has 1 aliphatic heterocycles. The lowest BCUT2D eigenvalue weighted by Crippen LogP contribution is -2.18. The van der Waals surface area contributed by atoms with E-state index >= 15 is 0 Å². The van der Waals surface area contributed by atoms with Crippen molar-refractivity contribution in [3.63, 3.8) is 0 Å². The summed E-state index contributed by atoms with van der Waals surface area (Å²) in [4.78, 5) is 2.18. The van der Waals surface area contributed by atoms with Gasteiger partial charge in [-0.1, -0.05) is 0 Å². The molecule has 0 saturated carbocycles. The van der Waals surface area contributed by atoms with Gasteiger partial charge in [-0.05, 0) is 31.0 Å². The highest BCUT2D eigenvalue weighted by Crippen LogP contribution is 2.32. The van der Waals surface area contributed by atoms with E-state index in [0.717, 1.165) is 43.1 Å². The van der Waals surface area contributed by atoms with Gasteiger partial charge in [0, 0.05) is 32.4 Å². The van der Waals surface area contributed by atoms with Crippen LogP contribution < -0.4 is 9.64 Å². The van der Waals surface area contributed by atoms with E-state index < -0.39 is 0 Å². The Bertz CT molecular complexity index is 591. The Morgan fingerprint density at radius 1 is 1.25 bits per heavy atom. The van der Waals surface area contributed by atoms with E-state index in [4.69, 9.17) is 4.74 Å². The largest absolute Gasteiger partial charge is 0.485 e. The van der Waals surface area contributed by atoms with Gasteiger partial charge < -0.3 is 9.64 Å². The number of aromatic nitrogens is 2. The Kier molecular flexibility index (Phi) is 3.58. The number of benzene rings is 1. The molecule has 20 heavy (non-hydrogen) atoms. The van der Waals surface area contributed by atoms with Gasteiger partial charge in [0.1, 0.15) is 18.2 Å². The van der Waals surface area contributed by atoms with Gasteiger partial charge in [-0.3, -0.25) is 4.68 Å². The fraction of sp³-hybridized carbons (Fsp3) is 0.400. The molecule has 0 bridgehead atoms. The van der Waals surface area contributed by atoms with Gasteiger partial charge in [-0.2, -0.15) is 5.10 Å². The summed E-state index contributed by atoms with van der Waals surface area (Å²) in [7, 11) is 1.87. The Morgan fingerprint density at radius 2 is 2.05 bits per heavy atom. The van der Waals surface area contributed by atoms with Crippen molar-refractivity contribution in [1.29, 1.82) is 0 Å². The fourth-order valence-electron chi connectivity index (χ4n) is 2.51. The van der Waals surface area contributed by atoms with Crippen molar-refractivity contribution in [1.82, 2.24) is 9.78 Å². The monoisotopic (exact) mass is 275 g/mol. The normalized spacial score (nSPS) is 14.8. The molecule has 1 aliphatic rings. The highest BCUT2D eigenvalue weighted by Gasteiger charge is 2.17. The molecular formula is C15H18FN3O. The van der Waals surface area contributed by atoms with Crippen molar-refractivity contribution in [2.75, 3.05) is 18.0 Å². The van der Waals surface area contributed by atoms with E-state index in [2.05, 4.69) is 10.00 Å². The Balaban J connectivity index is 1.77. The van der Waals surface area contributed by atoms with Crippen LogP contribution in [0, 0.1) is 5.82 Å². The second-order valence-electron chi connectivity index (χ2n) is 5.08. The molecule has 0 atom stereocenters. The first kappa shape index (κ1) is 13.0. The van der Waals surface area contributed by atoms with E-state index in [1.165, 1.54) is 6.07 Å². The molecule has 4 nitrogen and oxygen atoms in total. The highest BCUT2D eigenvalue weighted by molar-refractivity contribution is 5.59. The van der Waals surface area contributed by atoms with Crippen LogP contribution in [0.25, 0.3) is 0 Å². The summed E-state index contributed by atoms with van der Waals surface area (Å²) < 4.78 is 21.0. The standard InChI is InChI=1S/C15H18FN3O/c1-18-9-6-13(17-18)11-20-15-5-4-12(16)10-14(15)19-7-2-3-8-19/h4-6,9-10H,2-3,7-8,11H2,1H3. The summed E-state index contributed by atoms with van der Waals surface area (Å²) in [6.45, 7) is 2.32. The van der Waals surface area contributed by atoms with Crippen LogP contribution in [0.1, 0.15) is 18.5 Å². The number of anilines is 1. The predicted octanol–water partition coefficient (Wildman–Crippen LogP) is 2.74. The molecule has 1 saturated heterocycles. The lowest BCUT2D eigenvalue weighted by molar-refractivity contribution is 0.300. The molecule has 0 N–H and O–H groups in total. The van der Waals surface area contributed by atoms with Crippen LogP contribution in [0.3, 0.4) is 0 Å². The van der Waals surface area contributed by atoms with Crippen LogP contribution in [-0.2, 0) is 13.7 Å². The second kappa shape index (κ2) is 5.53. The first-order valence-corrected chi connectivity index (χ1v) is 6.88. The average molecular weight is 275 g/mol. The average Bonchev–Trinajstić information content (AvgIpc) is 3.08. The molecule has 0 amide bonds. The number of aryl methyl sites for hydroxylation is 1. The summed E-state index contributed by atoms with van der Waals surface area (Å²) in [6.07, 6.45) is 4.18. The summed E-state index contributed by atoms with van der Waals surface area (Å²) in [5.74, 6) is 0.496. The maximum absolute atomic E-state index is 13.5. The highest BCUT2D eigenvalue weighted by atomic mass is 19.1. The van der Waals surface area contributed by atoms with Crippen molar-refractivity contribution in [2.24, 2.45) is 7.05 Å². The van der Waals surface area contributed by atoms with Crippen LogP contribution in [0.2, 0.25) is 0 Å². The molecular weight excluding hydrogens is 257 g/mol. The quantitative estimate of drug-likeness (QED) is 0.859. The third-order valence-corrected chi connectivity index (χ3v) is 3.51. The summed E-state index contributed by atoms with van der Waals surface area (Å²) in [6, 6.07) is 6.61. The van der Waals surface area contributed by atoms with Gasteiger partial charge in [0.05, 0.1) is 11.4 Å². The Hall–Kier alpha value is -2.04. The third-order valence-electron chi connectivity index (χ3n) is 3.51. The fourth-order valence-corrected chi connectivity index (χ4v) is 2.51. The SMILES string of the molecule is Cn1ccc(COc2ccc(F)cc2N2CCCC2)n1. The number of hydrogen-bond acceptors (Lipinski definition) is 3. The van der Waals surface area contributed by atoms with Crippen molar-refractivity contribution in [3.8, 4) is 5.75 Å². The van der Waals surface area contributed by atoms with Gasteiger partial charge in [-0.25, -0.2) is 4.39 Å². The molecule has 1 aromatic heterocycles. The molecule has 0 aliphatic carbocycles. The number of halogens is 1. The zero-order valence-corrected chi connectivity index (χ0v) is 11.6. The van der Waals surface area contributed by atoms with Crippen LogP contribution in [-0.4, -0.2) is 22.9 Å². The summed E-state index contributed by atoms with van der Waals surface area (Å²) in [5, 5.41) is 4.27. The lowest BCUT2D eigenvalue weighted by Gasteiger charge is -2.21. The minimum Gasteiger partial charge on any atom is -0.485 e. The molecule has 1 aromatic carbocycles. The van der Waals surface area contributed by atoms with E-state index in [0.29, 0.717) is 6.61 Å². The Morgan fingerprint density at radius 3 is 2.75 bits per heavy atom. The predicted molar refractivity (Wildman–Crippen MR) is 75.4 cm³/mol. The Labute approximate surface area is 117 Å². The van der Waals surface area contributed by atoms with Gasteiger partial charge in [0.25, 0.3) is 0 Å². The van der Waals surface area contributed by atoms with Crippen molar-refractivity contribution >= 4 is 5.69 Å².